The van der Waals surface area contributed by atoms with Crippen LogP contribution in [0.2, 0.25) is 0 Å². The number of aromatic hydroxyl groups is 2. The highest BCUT2D eigenvalue weighted by Crippen LogP contribution is 2.20. The molecule has 0 aliphatic heterocycles. The minimum absolute atomic E-state index is 0.00376. The van der Waals surface area contributed by atoms with E-state index in [2.05, 4.69) is 10.5 Å². The number of amidine groups is 1. The summed E-state index contributed by atoms with van der Waals surface area (Å²) in [7, 11) is 0. The first-order chi connectivity index (χ1) is 8.02. The highest BCUT2D eigenvalue weighted by Gasteiger charge is 2.08. The van der Waals surface area contributed by atoms with Crippen molar-refractivity contribution in [1.82, 2.24) is 5.32 Å². The van der Waals surface area contributed by atoms with Crippen molar-refractivity contribution in [2.24, 2.45) is 10.9 Å². The van der Waals surface area contributed by atoms with Crippen LogP contribution >= 0.6 is 0 Å². The van der Waals surface area contributed by atoms with Crippen molar-refractivity contribution >= 4 is 11.7 Å². The maximum atomic E-state index is 11.5. The van der Waals surface area contributed by atoms with Gasteiger partial charge in [0.1, 0.15) is 17.3 Å². The van der Waals surface area contributed by atoms with Gasteiger partial charge in [0.15, 0.2) is 0 Å². The third-order valence-electron chi connectivity index (χ3n) is 1.96. The summed E-state index contributed by atoms with van der Waals surface area (Å²) < 4.78 is 0. The van der Waals surface area contributed by atoms with Gasteiger partial charge in [0.05, 0.1) is 0 Å². The van der Waals surface area contributed by atoms with Crippen molar-refractivity contribution in [3.8, 4) is 11.5 Å². The predicted octanol–water partition coefficient (Wildman–Crippen LogP) is -0.0359. The van der Waals surface area contributed by atoms with Crippen molar-refractivity contribution in [3.63, 3.8) is 0 Å². The highest BCUT2D eigenvalue weighted by molar-refractivity contribution is 5.95. The van der Waals surface area contributed by atoms with Gasteiger partial charge in [-0.2, -0.15) is 0 Å². The lowest BCUT2D eigenvalue weighted by molar-refractivity contribution is 0.0954. The highest BCUT2D eigenvalue weighted by atomic mass is 16.4. The van der Waals surface area contributed by atoms with Crippen LogP contribution in [0.1, 0.15) is 16.8 Å². The molecule has 0 radical (unpaired) electrons. The maximum absolute atomic E-state index is 11.5. The zero-order chi connectivity index (χ0) is 12.8. The van der Waals surface area contributed by atoms with Crippen LogP contribution in [0.15, 0.2) is 23.4 Å². The van der Waals surface area contributed by atoms with E-state index >= 15 is 0 Å². The molecule has 1 rings (SSSR count). The SMILES string of the molecule is N/C(CCNC(=O)c1cc(O)cc(O)c1)=N/O. The van der Waals surface area contributed by atoms with Crippen molar-refractivity contribution in [3.05, 3.63) is 23.8 Å². The molecule has 92 valence electrons. The molecule has 6 N–H and O–H groups in total. The number of rotatable bonds is 4. The molecular weight excluding hydrogens is 226 g/mol. The fraction of sp³-hybridized carbons (Fsp3) is 0.200. The maximum Gasteiger partial charge on any atom is 0.251 e. The summed E-state index contributed by atoms with van der Waals surface area (Å²) in [6, 6.07) is 3.56. The van der Waals surface area contributed by atoms with Crippen molar-refractivity contribution < 1.29 is 20.2 Å². The van der Waals surface area contributed by atoms with E-state index in [4.69, 9.17) is 10.9 Å². The lowest BCUT2D eigenvalue weighted by Crippen LogP contribution is -2.27. The Labute approximate surface area is 97.2 Å². The van der Waals surface area contributed by atoms with E-state index in [-0.39, 0.29) is 35.9 Å². The van der Waals surface area contributed by atoms with Crippen LogP contribution in [-0.4, -0.2) is 33.7 Å². The molecule has 0 spiro atoms. The first-order valence-corrected chi connectivity index (χ1v) is 4.80. The quantitative estimate of drug-likeness (QED) is 0.218. The Morgan fingerprint density at radius 3 is 2.41 bits per heavy atom. The molecule has 0 atom stereocenters. The van der Waals surface area contributed by atoms with Crippen molar-refractivity contribution in [2.75, 3.05) is 6.54 Å². The Morgan fingerprint density at radius 2 is 1.88 bits per heavy atom. The zero-order valence-corrected chi connectivity index (χ0v) is 8.92. The fourth-order valence-electron chi connectivity index (χ4n) is 1.18. The Balaban J connectivity index is 2.58. The van der Waals surface area contributed by atoms with Gasteiger partial charge in [0.2, 0.25) is 0 Å². The van der Waals surface area contributed by atoms with E-state index in [1.54, 1.807) is 0 Å². The van der Waals surface area contributed by atoms with Gasteiger partial charge >= 0.3 is 0 Å². The van der Waals surface area contributed by atoms with Crippen LogP contribution in [-0.2, 0) is 0 Å². The predicted molar refractivity (Wildman–Crippen MR) is 60.1 cm³/mol. The second kappa shape index (κ2) is 5.59. The Bertz CT molecular complexity index is 425. The number of benzene rings is 1. The molecule has 7 nitrogen and oxygen atoms in total. The van der Waals surface area contributed by atoms with Crippen LogP contribution in [0.3, 0.4) is 0 Å². The number of phenolic OH excluding ortho intramolecular Hbond substituents is 2. The lowest BCUT2D eigenvalue weighted by Gasteiger charge is -2.05. The Hall–Kier alpha value is -2.44. The summed E-state index contributed by atoms with van der Waals surface area (Å²) in [5.74, 6) is -0.871. The minimum atomic E-state index is -0.470. The van der Waals surface area contributed by atoms with Gasteiger partial charge in [-0.1, -0.05) is 5.16 Å². The number of hydrogen-bond acceptors (Lipinski definition) is 5. The van der Waals surface area contributed by atoms with Crippen LogP contribution in [0, 0.1) is 0 Å². The van der Waals surface area contributed by atoms with Crippen LogP contribution < -0.4 is 11.1 Å². The van der Waals surface area contributed by atoms with Gasteiger partial charge in [-0.3, -0.25) is 4.79 Å². The third kappa shape index (κ3) is 3.90. The summed E-state index contributed by atoms with van der Waals surface area (Å²) in [5, 5.41) is 31.9. The minimum Gasteiger partial charge on any atom is -0.508 e. The molecule has 0 bridgehead atoms. The largest absolute Gasteiger partial charge is 0.508 e. The van der Waals surface area contributed by atoms with Crippen molar-refractivity contribution in [1.29, 1.82) is 0 Å². The molecule has 0 heterocycles. The summed E-state index contributed by atoms with van der Waals surface area (Å²) in [6.45, 7) is 0.186. The Kier molecular flexibility index (Phi) is 4.15. The van der Waals surface area contributed by atoms with Crippen LogP contribution in [0.5, 0.6) is 11.5 Å². The number of nitrogens with one attached hydrogen (secondary N) is 1. The number of phenols is 2. The fourth-order valence-corrected chi connectivity index (χ4v) is 1.18. The number of nitrogens with zero attached hydrogens (tertiary/aromatic N) is 1. The van der Waals surface area contributed by atoms with Gasteiger partial charge in [-0.15, -0.1) is 0 Å². The van der Waals surface area contributed by atoms with E-state index in [1.807, 2.05) is 0 Å². The summed E-state index contributed by atoms with van der Waals surface area (Å²) in [4.78, 5) is 11.5. The number of oxime groups is 1. The molecule has 1 amide bonds. The van der Waals surface area contributed by atoms with E-state index in [9.17, 15) is 15.0 Å². The molecule has 0 aliphatic rings. The standard InChI is InChI=1S/C10H13N3O4/c11-9(13-17)1-2-12-10(16)6-3-7(14)5-8(15)4-6/h3-5,14-15,17H,1-2H2,(H2,11,13)(H,12,16). The normalized spacial score (nSPS) is 11.2. The van der Waals surface area contributed by atoms with Gasteiger partial charge in [0.25, 0.3) is 5.91 Å². The van der Waals surface area contributed by atoms with E-state index in [1.165, 1.54) is 12.1 Å². The lowest BCUT2D eigenvalue weighted by atomic mass is 10.2. The first kappa shape index (κ1) is 12.6. The summed E-state index contributed by atoms with van der Waals surface area (Å²) in [5.41, 5.74) is 5.34. The molecule has 0 saturated heterocycles. The number of nitrogens with two attached hydrogens (primary N) is 1. The number of carbonyl (C=O) groups excluding carboxylic acids is 1. The smallest absolute Gasteiger partial charge is 0.251 e. The Morgan fingerprint density at radius 1 is 1.29 bits per heavy atom. The zero-order valence-electron chi connectivity index (χ0n) is 8.92. The van der Waals surface area contributed by atoms with Crippen LogP contribution in [0.25, 0.3) is 0 Å². The van der Waals surface area contributed by atoms with Gasteiger partial charge in [-0.25, -0.2) is 0 Å². The van der Waals surface area contributed by atoms with Crippen molar-refractivity contribution in [2.45, 2.75) is 6.42 Å². The average molecular weight is 239 g/mol. The molecule has 1 aromatic carbocycles. The van der Waals surface area contributed by atoms with E-state index < -0.39 is 5.91 Å². The number of amides is 1. The number of hydrogen-bond donors (Lipinski definition) is 5. The monoisotopic (exact) mass is 239 g/mol. The molecule has 7 heteroatoms. The van der Waals surface area contributed by atoms with Gasteiger partial charge < -0.3 is 26.5 Å². The van der Waals surface area contributed by atoms with Gasteiger partial charge in [-0.05, 0) is 12.1 Å². The van der Waals surface area contributed by atoms with E-state index in [0.717, 1.165) is 6.07 Å². The molecule has 0 aliphatic carbocycles. The molecule has 0 fully saturated rings. The topological polar surface area (TPSA) is 128 Å². The molecule has 0 unspecified atom stereocenters. The second-order valence-electron chi connectivity index (χ2n) is 3.34. The van der Waals surface area contributed by atoms with Gasteiger partial charge in [0, 0.05) is 24.6 Å². The molecule has 1 aromatic rings. The average Bonchev–Trinajstić information content (AvgIpc) is 2.27. The molecule has 0 saturated carbocycles. The molecule has 0 aromatic heterocycles. The summed E-state index contributed by atoms with van der Waals surface area (Å²) >= 11 is 0. The second-order valence-corrected chi connectivity index (χ2v) is 3.34. The molecular formula is C10H13N3O4. The summed E-state index contributed by atoms with van der Waals surface area (Å²) in [6.07, 6.45) is 0.201. The first-order valence-electron chi connectivity index (χ1n) is 4.80. The van der Waals surface area contributed by atoms with E-state index in [0.29, 0.717) is 0 Å². The molecule has 17 heavy (non-hydrogen) atoms. The third-order valence-corrected chi connectivity index (χ3v) is 1.96. The number of carbonyl (C=O) groups is 1. The van der Waals surface area contributed by atoms with Crippen LogP contribution in [0.4, 0.5) is 0 Å².